The quantitative estimate of drug-likeness (QED) is 0.627. The fourth-order valence-corrected chi connectivity index (χ4v) is 3.64. The average Bonchev–Trinajstić information content (AvgIpc) is 3.33. The fourth-order valence-electron chi connectivity index (χ4n) is 3.11. The molecule has 0 saturated heterocycles. The van der Waals surface area contributed by atoms with Gasteiger partial charge in [-0.15, -0.1) is 0 Å². The first-order chi connectivity index (χ1) is 12.2. The van der Waals surface area contributed by atoms with E-state index in [-0.39, 0.29) is 6.04 Å². The summed E-state index contributed by atoms with van der Waals surface area (Å²) in [5, 5.41) is 5.55. The van der Waals surface area contributed by atoms with Crippen LogP contribution in [0.4, 0.5) is 0 Å². The molecule has 1 aromatic rings. The third kappa shape index (κ3) is 2.88. The number of aromatic nitrogens is 1. The van der Waals surface area contributed by atoms with Crippen molar-refractivity contribution in [2.75, 3.05) is 0 Å². The van der Waals surface area contributed by atoms with Crippen LogP contribution < -0.4 is 16.0 Å². The molecule has 0 aromatic carbocycles. The zero-order valence-corrected chi connectivity index (χ0v) is 14.9. The fraction of sp³-hybridized carbons (Fsp3) is 0.0500. The summed E-state index contributed by atoms with van der Waals surface area (Å²) in [5.74, 6) is 0. The van der Waals surface area contributed by atoms with Gasteiger partial charge in [-0.2, -0.15) is 0 Å². The van der Waals surface area contributed by atoms with E-state index in [1.165, 1.54) is 0 Å². The Labute approximate surface area is 152 Å². The van der Waals surface area contributed by atoms with Crippen LogP contribution in [0.3, 0.4) is 0 Å². The molecule has 0 saturated carbocycles. The number of hydrogen-bond acceptors (Lipinski definition) is 3. The maximum atomic E-state index is 4.68. The Bertz CT molecular complexity index is 1130. The van der Waals surface area contributed by atoms with E-state index >= 15 is 0 Å². The monoisotopic (exact) mass is 390 g/mol. The van der Waals surface area contributed by atoms with Gasteiger partial charge < -0.3 is 0 Å². The first-order valence-corrected chi connectivity index (χ1v) is 8.95. The van der Waals surface area contributed by atoms with Gasteiger partial charge in [-0.25, -0.2) is 0 Å². The van der Waals surface area contributed by atoms with Crippen molar-refractivity contribution in [2.24, 2.45) is 9.98 Å². The molecule has 120 valence electrons. The van der Waals surface area contributed by atoms with Gasteiger partial charge >= 0.3 is 152 Å². The summed E-state index contributed by atoms with van der Waals surface area (Å²) >= 11 is 3.14. The standard InChI is InChI=1S/C20H14N4Se/c25-20-11-18-9-16-4-3-14(22-16)7-12-1-2-13(21-12)8-15-5-6-17(23-15)10-19(20)24-18/h1-11,19,21,24H. The summed E-state index contributed by atoms with van der Waals surface area (Å²) in [6.45, 7) is 0. The van der Waals surface area contributed by atoms with E-state index in [1.807, 2.05) is 36.5 Å². The Morgan fingerprint density at radius 2 is 1.48 bits per heavy atom. The summed E-state index contributed by atoms with van der Waals surface area (Å²) in [7, 11) is 0. The summed E-state index contributed by atoms with van der Waals surface area (Å²) in [6.07, 6.45) is 18.5. The molecule has 1 unspecified atom stereocenters. The van der Waals surface area contributed by atoms with Crippen LogP contribution in [0.1, 0.15) is 0 Å². The maximum absolute atomic E-state index is 4.68. The van der Waals surface area contributed by atoms with Crippen LogP contribution in [0.2, 0.25) is 0 Å². The van der Waals surface area contributed by atoms with Crippen molar-refractivity contribution in [2.45, 2.75) is 6.04 Å². The van der Waals surface area contributed by atoms with Crippen LogP contribution in [-0.2, 0) is 0 Å². The molecule has 0 fully saturated rings. The van der Waals surface area contributed by atoms with Crippen molar-refractivity contribution in [1.82, 2.24) is 10.3 Å². The van der Waals surface area contributed by atoms with E-state index in [1.54, 1.807) is 0 Å². The van der Waals surface area contributed by atoms with Crippen molar-refractivity contribution in [3.63, 3.8) is 0 Å². The predicted octanol–water partition coefficient (Wildman–Crippen LogP) is 0.575. The summed E-state index contributed by atoms with van der Waals surface area (Å²) in [5.41, 5.74) is 4.84. The topological polar surface area (TPSA) is 52.5 Å². The third-order valence-electron chi connectivity index (χ3n) is 4.27. The summed E-state index contributed by atoms with van der Waals surface area (Å²) < 4.78 is 1.15. The molecule has 1 atom stereocenters. The minimum absolute atomic E-state index is 0.111. The minimum atomic E-state index is 0.111. The number of nitrogens with zero attached hydrogens (tertiary/aromatic N) is 2. The summed E-state index contributed by atoms with van der Waals surface area (Å²) in [4.78, 5) is 12.7. The Morgan fingerprint density at radius 1 is 0.800 bits per heavy atom. The zero-order valence-electron chi connectivity index (χ0n) is 13.2. The molecule has 5 heterocycles. The number of hydrogen-bond donors (Lipinski definition) is 2. The van der Waals surface area contributed by atoms with Crippen molar-refractivity contribution in [1.29, 1.82) is 0 Å². The molecule has 0 amide bonds. The first-order valence-electron chi connectivity index (χ1n) is 8.09. The molecule has 0 aliphatic carbocycles. The zero-order chi connectivity index (χ0) is 16.8. The van der Waals surface area contributed by atoms with Gasteiger partial charge in [0, 0.05) is 0 Å². The Morgan fingerprint density at radius 3 is 2.24 bits per heavy atom. The Balaban J connectivity index is 1.67. The van der Waals surface area contributed by atoms with E-state index in [4.69, 9.17) is 0 Å². The number of allylic oxidation sites excluding steroid dienone is 5. The van der Waals surface area contributed by atoms with Gasteiger partial charge in [-0.05, 0) is 0 Å². The van der Waals surface area contributed by atoms with Crippen LogP contribution in [0.25, 0.3) is 12.2 Å². The van der Waals surface area contributed by atoms with Crippen LogP contribution in [0, 0.1) is 0 Å². The number of aromatic amines is 1. The summed E-state index contributed by atoms with van der Waals surface area (Å²) in [6, 6.07) is 4.22. The molecular weight excluding hydrogens is 375 g/mol. The van der Waals surface area contributed by atoms with Crippen molar-refractivity contribution in [3.8, 4) is 0 Å². The third-order valence-corrected chi connectivity index (χ3v) is 5.05. The number of fused-ring (bicyclic) bond motifs is 6. The molecule has 25 heavy (non-hydrogen) atoms. The predicted molar refractivity (Wildman–Crippen MR) is 104 cm³/mol. The van der Waals surface area contributed by atoms with Crippen LogP contribution >= 0.6 is 0 Å². The number of H-pyrrole nitrogens is 1. The second kappa shape index (κ2) is 5.66. The molecule has 5 heteroatoms. The van der Waals surface area contributed by atoms with E-state index in [0.29, 0.717) is 0 Å². The van der Waals surface area contributed by atoms with Gasteiger partial charge in [-0.1, -0.05) is 0 Å². The van der Waals surface area contributed by atoms with Crippen molar-refractivity contribution < 1.29 is 0 Å². The van der Waals surface area contributed by atoms with Crippen molar-refractivity contribution >= 4 is 43.6 Å². The van der Waals surface area contributed by atoms with Crippen LogP contribution in [0.15, 0.2) is 81.7 Å². The average molecular weight is 389 g/mol. The van der Waals surface area contributed by atoms with Crippen LogP contribution in [-0.4, -0.2) is 42.4 Å². The molecule has 0 radical (unpaired) electrons. The molecular formula is C20H14N4Se. The molecule has 5 rings (SSSR count). The second-order valence-electron chi connectivity index (χ2n) is 6.18. The van der Waals surface area contributed by atoms with E-state index < -0.39 is 0 Å². The molecule has 8 bridgehead atoms. The molecule has 2 N–H and O–H groups in total. The van der Waals surface area contributed by atoms with E-state index in [2.05, 4.69) is 66.2 Å². The van der Waals surface area contributed by atoms with Gasteiger partial charge in [0.2, 0.25) is 0 Å². The van der Waals surface area contributed by atoms with Gasteiger partial charge in [0.1, 0.15) is 0 Å². The van der Waals surface area contributed by atoms with Gasteiger partial charge in [0.05, 0.1) is 0 Å². The molecule has 0 spiro atoms. The van der Waals surface area contributed by atoms with Gasteiger partial charge in [0.25, 0.3) is 0 Å². The van der Waals surface area contributed by atoms with Crippen molar-refractivity contribution in [3.05, 3.63) is 82.5 Å². The van der Waals surface area contributed by atoms with E-state index in [0.717, 1.165) is 43.6 Å². The Hall–Kier alpha value is -2.75. The molecule has 1 aromatic heterocycles. The number of nitrogens with one attached hydrogen (secondary N) is 2. The first kappa shape index (κ1) is 14.6. The Kier molecular flexibility index (Phi) is 3.30. The number of aliphatic imine (C=N–C) groups is 2. The molecule has 4 nitrogen and oxygen atoms in total. The number of rotatable bonds is 0. The molecule has 4 aliphatic heterocycles. The second-order valence-corrected chi connectivity index (χ2v) is 7.17. The molecule has 4 aliphatic rings. The van der Waals surface area contributed by atoms with E-state index in [9.17, 15) is 0 Å². The van der Waals surface area contributed by atoms with Gasteiger partial charge in [0.15, 0.2) is 0 Å². The van der Waals surface area contributed by atoms with Crippen LogP contribution in [0.5, 0.6) is 0 Å². The van der Waals surface area contributed by atoms with Gasteiger partial charge in [-0.3, -0.25) is 0 Å². The normalized spacial score (nSPS) is 23.1. The SMILES string of the molecule is [Se]=C1C=C2C=C3C=CC(=N3)C=c3ccc([nH]3)=CC3=NC(=CC1N2)C=C3.